The van der Waals surface area contributed by atoms with Crippen molar-refractivity contribution >= 4 is 11.9 Å². The molecule has 1 N–H and O–H groups in total. The first kappa shape index (κ1) is 18.0. The lowest BCUT2D eigenvalue weighted by Crippen LogP contribution is -2.46. The zero-order valence-corrected chi connectivity index (χ0v) is 14.1. The molecule has 1 aliphatic carbocycles. The molecule has 0 heterocycles. The highest BCUT2D eigenvalue weighted by Crippen LogP contribution is 2.38. The van der Waals surface area contributed by atoms with Crippen molar-refractivity contribution < 1.29 is 14.3 Å². The van der Waals surface area contributed by atoms with Crippen LogP contribution in [0.4, 0.5) is 0 Å². The number of esters is 1. The fourth-order valence-electron chi connectivity index (χ4n) is 3.21. The van der Waals surface area contributed by atoms with Crippen molar-refractivity contribution in [1.29, 1.82) is 0 Å². The quantitative estimate of drug-likeness (QED) is 0.766. The van der Waals surface area contributed by atoms with Gasteiger partial charge in [0.25, 0.3) is 0 Å². The molecule has 4 heteroatoms. The fourth-order valence-corrected chi connectivity index (χ4v) is 3.21. The summed E-state index contributed by atoms with van der Waals surface area (Å²) in [6, 6.07) is -0.561. The third-order valence-corrected chi connectivity index (χ3v) is 4.52. The van der Waals surface area contributed by atoms with Gasteiger partial charge >= 0.3 is 5.97 Å². The minimum Gasteiger partial charge on any atom is -0.464 e. The van der Waals surface area contributed by atoms with E-state index in [4.69, 9.17) is 4.74 Å². The van der Waals surface area contributed by atoms with Crippen LogP contribution >= 0.6 is 0 Å². The van der Waals surface area contributed by atoms with E-state index >= 15 is 0 Å². The molecule has 0 aromatic carbocycles. The minimum atomic E-state index is -0.561. The third kappa shape index (κ3) is 5.33. The zero-order chi connectivity index (χ0) is 16.0. The molecule has 122 valence electrons. The molecule has 1 amide bonds. The summed E-state index contributed by atoms with van der Waals surface area (Å²) in [4.78, 5) is 24.3. The lowest BCUT2D eigenvalue weighted by molar-refractivity contribution is -0.148. The highest BCUT2D eigenvalue weighted by Gasteiger charge is 2.36. The van der Waals surface area contributed by atoms with Crippen molar-refractivity contribution in [2.45, 2.75) is 66.3 Å². The first-order chi connectivity index (χ1) is 9.86. The van der Waals surface area contributed by atoms with E-state index in [0.29, 0.717) is 24.4 Å². The molecule has 1 saturated carbocycles. The van der Waals surface area contributed by atoms with Gasteiger partial charge in [0.15, 0.2) is 0 Å². The first-order valence-electron chi connectivity index (χ1n) is 8.33. The molecule has 0 aromatic rings. The Hall–Kier alpha value is -1.06. The summed E-state index contributed by atoms with van der Waals surface area (Å²) in [7, 11) is 0. The molecule has 4 atom stereocenters. The molecule has 1 aliphatic rings. The Kier molecular flexibility index (Phi) is 7.20. The molecule has 21 heavy (non-hydrogen) atoms. The number of carbonyl (C=O) groups excluding carboxylic acids is 2. The van der Waals surface area contributed by atoms with Crippen LogP contribution < -0.4 is 5.32 Å². The van der Waals surface area contributed by atoms with Gasteiger partial charge in [-0.3, -0.25) is 4.79 Å². The van der Waals surface area contributed by atoms with Crippen LogP contribution in [0.5, 0.6) is 0 Å². The zero-order valence-electron chi connectivity index (χ0n) is 14.1. The molecule has 1 fully saturated rings. The minimum absolute atomic E-state index is 0.0150. The molecule has 0 aliphatic heterocycles. The smallest absolute Gasteiger partial charge is 0.328 e. The van der Waals surface area contributed by atoms with E-state index < -0.39 is 6.04 Å². The van der Waals surface area contributed by atoms with Crippen molar-refractivity contribution in [3.8, 4) is 0 Å². The van der Waals surface area contributed by atoms with Gasteiger partial charge in [-0.1, -0.05) is 34.1 Å². The lowest BCUT2D eigenvalue weighted by Gasteiger charge is -2.36. The Labute approximate surface area is 129 Å². The predicted octanol–water partition coefficient (Wildman–Crippen LogP) is 3.15. The van der Waals surface area contributed by atoms with Crippen molar-refractivity contribution in [3.63, 3.8) is 0 Å². The summed E-state index contributed by atoms with van der Waals surface area (Å²) in [6.07, 6.45) is 4.01. The van der Waals surface area contributed by atoms with E-state index in [9.17, 15) is 9.59 Å². The molecule has 1 rings (SSSR count). The van der Waals surface area contributed by atoms with Crippen LogP contribution in [-0.2, 0) is 14.3 Å². The van der Waals surface area contributed by atoms with Gasteiger partial charge in [0.05, 0.1) is 6.61 Å². The van der Waals surface area contributed by atoms with Crippen LogP contribution in [0.15, 0.2) is 0 Å². The number of amides is 1. The molecule has 1 unspecified atom stereocenters. The van der Waals surface area contributed by atoms with Gasteiger partial charge in [-0.2, -0.15) is 0 Å². The monoisotopic (exact) mass is 297 g/mol. The van der Waals surface area contributed by atoms with Gasteiger partial charge in [0.1, 0.15) is 6.04 Å². The van der Waals surface area contributed by atoms with Crippen LogP contribution in [0.1, 0.15) is 60.3 Å². The van der Waals surface area contributed by atoms with Gasteiger partial charge < -0.3 is 10.1 Å². The van der Waals surface area contributed by atoms with Crippen LogP contribution in [0.25, 0.3) is 0 Å². The second-order valence-corrected chi connectivity index (χ2v) is 6.83. The van der Waals surface area contributed by atoms with E-state index in [1.165, 1.54) is 6.42 Å². The largest absolute Gasteiger partial charge is 0.464 e. The third-order valence-electron chi connectivity index (χ3n) is 4.52. The van der Waals surface area contributed by atoms with Gasteiger partial charge in [-0.15, -0.1) is 0 Å². The van der Waals surface area contributed by atoms with Crippen molar-refractivity contribution in [3.05, 3.63) is 0 Å². The maximum Gasteiger partial charge on any atom is 0.328 e. The SMILES string of the molecule is CCCOC(=O)C(C)NC(=O)[C@@H]1C[C@H](C)CC[C@H]1C(C)C. The molecule has 0 spiro atoms. The molecule has 0 bridgehead atoms. The Morgan fingerprint density at radius 3 is 2.48 bits per heavy atom. The number of hydrogen-bond acceptors (Lipinski definition) is 3. The average molecular weight is 297 g/mol. The van der Waals surface area contributed by atoms with Crippen LogP contribution in [0.3, 0.4) is 0 Å². The maximum atomic E-state index is 12.5. The number of rotatable bonds is 6. The molecule has 0 radical (unpaired) electrons. The Morgan fingerprint density at radius 2 is 1.90 bits per heavy atom. The molecule has 0 saturated heterocycles. The second kappa shape index (κ2) is 8.40. The summed E-state index contributed by atoms with van der Waals surface area (Å²) in [6.45, 7) is 10.6. The Morgan fingerprint density at radius 1 is 1.24 bits per heavy atom. The summed E-state index contributed by atoms with van der Waals surface area (Å²) < 4.78 is 5.08. The van der Waals surface area contributed by atoms with Crippen LogP contribution in [0, 0.1) is 23.7 Å². The number of carbonyl (C=O) groups is 2. The number of ether oxygens (including phenoxy) is 1. The molecular formula is C17H31NO3. The number of hydrogen-bond donors (Lipinski definition) is 1. The van der Waals surface area contributed by atoms with E-state index in [1.807, 2.05) is 6.92 Å². The Balaban J connectivity index is 2.60. The topological polar surface area (TPSA) is 55.4 Å². The molecular weight excluding hydrogens is 266 g/mol. The van der Waals surface area contributed by atoms with E-state index in [0.717, 1.165) is 19.3 Å². The van der Waals surface area contributed by atoms with E-state index in [-0.39, 0.29) is 17.8 Å². The van der Waals surface area contributed by atoms with E-state index in [1.54, 1.807) is 6.92 Å². The molecule has 0 aromatic heterocycles. The Bertz CT molecular complexity index is 354. The van der Waals surface area contributed by atoms with Gasteiger partial charge in [0.2, 0.25) is 5.91 Å². The standard InChI is InChI=1S/C17H31NO3/c1-6-9-21-17(20)13(5)18-16(19)15-10-12(4)7-8-14(15)11(2)3/h11-15H,6-10H2,1-5H3,(H,18,19)/t12-,13?,14+,15-/m1/s1. The lowest BCUT2D eigenvalue weighted by atomic mass is 9.69. The van der Waals surface area contributed by atoms with Crippen LogP contribution in [0.2, 0.25) is 0 Å². The predicted molar refractivity (Wildman–Crippen MR) is 83.7 cm³/mol. The van der Waals surface area contributed by atoms with Gasteiger partial charge in [0, 0.05) is 5.92 Å². The summed E-state index contributed by atoms with van der Waals surface area (Å²) in [5.41, 5.74) is 0. The van der Waals surface area contributed by atoms with Crippen LogP contribution in [-0.4, -0.2) is 24.5 Å². The normalized spacial score (nSPS) is 27.2. The first-order valence-corrected chi connectivity index (χ1v) is 8.33. The maximum absolute atomic E-state index is 12.5. The number of nitrogens with one attached hydrogen (secondary N) is 1. The summed E-state index contributed by atoms with van der Waals surface area (Å²) in [5, 5.41) is 2.85. The van der Waals surface area contributed by atoms with Gasteiger partial charge in [-0.25, -0.2) is 4.79 Å². The summed E-state index contributed by atoms with van der Waals surface area (Å²) >= 11 is 0. The fraction of sp³-hybridized carbons (Fsp3) is 0.882. The van der Waals surface area contributed by atoms with Crippen molar-refractivity contribution in [2.24, 2.45) is 23.7 Å². The van der Waals surface area contributed by atoms with E-state index in [2.05, 4.69) is 26.1 Å². The average Bonchev–Trinajstić information content (AvgIpc) is 2.43. The summed E-state index contributed by atoms with van der Waals surface area (Å²) in [5.74, 6) is 1.19. The van der Waals surface area contributed by atoms with Crippen molar-refractivity contribution in [2.75, 3.05) is 6.61 Å². The van der Waals surface area contributed by atoms with Crippen molar-refractivity contribution in [1.82, 2.24) is 5.32 Å². The second-order valence-electron chi connectivity index (χ2n) is 6.83. The highest BCUT2D eigenvalue weighted by atomic mass is 16.5. The highest BCUT2D eigenvalue weighted by molar-refractivity contribution is 5.85. The molecule has 4 nitrogen and oxygen atoms in total. The van der Waals surface area contributed by atoms with Gasteiger partial charge in [-0.05, 0) is 43.9 Å².